The lowest BCUT2D eigenvalue weighted by Crippen LogP contribution is -2.40. The molecule has 2 N–H and O–H groups in total. The molecule has 0 aliphatic carbocycles. The molecule has 2 aromatic heterocycles. The highest BCUT2D eigenvalue weighted by Crippen LogP contribution is 2.41. The summed E-state index contributed by atoms with van der Waals surface area (Å²) in [6.07, 6.45) is 0.784. The van der Waals surface area contributed by atoms with Crippen molar-refractivity contribution in [1.82, 2.24) is 19.5 Å². The minimum absolute atomic E-state index is 0.143. The van der Waals surface area contributed by atoms with E-state index in [9.17, 15) is 14.6 Å². The second-order valence-electron chi connectivity index (χ2n) is 5.79. The fourth-order valence-corrected chi connectivity index (χ4v) is 2.77. The number of alkyl halides is 1. The predicted molar refractivity (Wildman–Crippen MR) is 82.9 cm³/mol. The van der Waals surface area contributed by atoms with Crippen molar-refractivity contribution in [3.8, 4) is 23.1 Å². The number of halogens is 1. The number of hydrogen-bond donors (Lipinski definition) is 2. The number of imidazole rings is 1. The van der Waals surface area contributed by atoms with Crippen molar-refractivity contribution < 1.29 is 28.8 Å². The van der Waals surface area contributed by atoms with Gasteiger partial charge in [0.05, 0.1) is 38.4 Å². The topological polar surface area (TPSA) is 112 Å². The number of aliphatic hydroxyl groups excluding tert-OH is 2. The van der Waals surface area contributed by atoms with Gasteiger partial charge in [-0.3, -0.25) is 0 Å². The number of hydrogen-bond acceptors (Lipinski definition) is 8. The molecule has 10 heteroatoms. The summed E-state index contributed by atoms with van der Waals surface area (Å²) in [6, 6.07) is 0.143. The molecular formula is C15H19FN4O5. The highest BCUT2D eigenvalue weighted by Gasteiger charge is 2.54. The second-order valence-corrected chi connectivity index (χ2v) is 5.79. The standard InChI is InChI=1S/C15H19FN4O5/c1-15(16)11(22)10(6-21)25-13(15)20-5-9(18-7-20)8-4-17-14(24-3)19-12(8)23-2/h4-5,7,10-11,13,21-22H,6H2,1-3H3/t10-,11?,13-,15-/m1/s1. The number of rotatable bonds is 5. The van der Waals surface area contributed by atoms with Crippen LogP contribution in [0.1, 0.15) is 13.2 Å². The van der Waals surface area contributed by atoms with Gasteiger partial charge in [-0.25, -0.2) is 14.4 Å². The zero-order valence-electron chi connectivity index (χ0n) is 14.0. The van der Waals surface area contributed by atoms with Crippen molar-refractivity contribution in [2.45, 2.75) is 31.0 Å². The SMILES string of the molecule is COc1ncc(-c2cn([C@@H]3O[C@H](CO)C(O)[C@@]3(C)F)cn2)c(OC)n1. The maximum atomic E-state index is 14.8. The average molecular weight is 354 g/mol. The third kappa shape index (κ3) is 2.92. The molecule has 0 aromatic carbocycles. The largest absolute Gasteiger partial charge is 0.480 e. The molecule has 3 rings (SSSR count). The summed E-state index contributed by atoms with van der Waals surface area (Å²) in [7, 11) is 2.88. The zero-order valence-corrected chi connectivity index (χ0v) is 14.0. The van der Waals surface area contributed by atoms with E-state index >= 15 is 0 Å². The first kappa shape index (κ1) is 17.5. The van der Waals surface area contributed by atoms with Gasteiger partial charge in [0.25, 0.3) is 0 Å². The van der Waals surface area contributed by atoms with E-state index in [1.54, 1.807) is 0 Å². The molecular weight excluding hydrogens is 335 g/mol. The Bertz CT molecular complexity index is 753. The summed E-state index contributed by atoms with van der Waals surface area (Å²) < 4.78 is 31.8. The van der Waals surface area contributed by atoms with Crippen LogP contribution in [0.15, 0.2) is 18.7 Å². The van der Waals surface area contributed by atoms with Gasteiger partial charge in [0, 0.05) is 12.4 Å². The highest BCUT2D eigenvalue weighted by atomic mass is 19.1. The fraction of sp³-hybridized carbons (Fsp3) is 0.533. The van der Waals surface area contributed by atoms with Crippen molar-refractivity contribution in [1.29, 1.82) is 0 Å². The molecule has 0 amide bonds. The lowest BCUT2D eigenvalue weighted by Gasteiger charge is -2.24. The predicted octanol–water partition coefficient (Wildman–Crippen LogP) is 0.336. The van der Waals surface area contributed by atoms with Crippen molar-refractivity contribution >= 4 is 0 Å². The average Bonchev–Trinajstić information content (AvgIpc) is 3.18. The van der Waals surface area contributed by atoms with Crippen LogP contribution < -0.4 is 9.47 Å². The van der Waals surface area contributed by atoms with Gasteiger partial charge in [-0.1, -0.05) is 0 Å². The second kappa shape index (κ2) is 6.54. The van der Waals surface area contributed by atoms with Gasteiger partial charge in [-0.05, 0) is 6.92 Å². The number of aliphatic hydroxyl groups is 2. The normalized spacial score (nSPS) is 29.0. The van der Waals surface area contributed by atoms with Crippen LogP contribution in [0.4, 0.5) is 4.39 Å². The molecule has 3 heterocycles. The van der Waals surface area contributed by atoms with Gasteiger partial charge in [0.1, 0.15) is 12.2 Å². The quantitative estimate of drug-likeness (QED) is 0.790. The van der Waals surface area contributed by atoms with Crippen LogP contribution in [-0.2, 0) is 4.74 Å². The third-order valence-electron chi connectivity index (χ3n) is 4.15. The number of aromatic nitrogens is 4. The Morgan fingerprint density at radius 3 is 2.72 bits per heavy atom. The van der Waals surface area contributed by atoms with Crippen molar-refractivity contribution in [3.05, 3.63) is 18.7 Å². The van der Waals surface area contributed by atoms with Crippen molar-refractivity contribution in [3.63, 3.8) is 0 Å². The molecule has 25 heavy (non-hydrogen) atoms. The molecule has 1 aliphatic heterocycles. The first-order valence-electron chi connectivity index (χ1n) is 7.54. The number of methoxy groups -OCH3 is 2. The van der Waals surface area contributed by atoms with Crippen LogP contribution in [0, 0.1) is 0 Å². The first-order chi connectivity index (χ1) is 11.9. The maximum absolute atomic E-state index is 14.8. The molecule has 2 aromatic rings. The smallest absolute Gasteiger partial charge is 0.319 e. The lowest BCUT2D eigenvalue weighted by molar-refractivity contribution is -0.0586. The fourth-order valence-electron chi connectivity index (χ4n) is 2.77. The van der Waals surface area contributed by atoms with Crippen LogP contribution in [0.25, 0.3) is 11.3 Å². The summed E-state index contributed by atoms with van der Waals surface area (Å²) in [6.45, 7) is 0.730. The molecule has 0 radical (unpaired) electrons. The summed E-state index contributed by atoms with van der Waals surface area (Å²) in [4.78, 5) is 12.3. The Kier molecular flexibility index (Phi) is 4.58. The van der Waals surface area contributed by atoms with Crippen molar-refractivity contribution in [2.75, 3.05) is 20.8 Å². The van der Waals surface area contributed by atoms with Crippen LogP contribution in [0.2, 0.25) is 0 Å². The molecule has 0 bridgehead atoms. The minimum atomic E-state index is -2.09. The van der Waals surface area contributed by atoms with Gasteiger partial charge in [0.2, 0.25) is 5.88 Å². The molecule has 1 unspecified atom stereocenters. The van der Waals surface area contributed by atoms with E-state index in [4.69, 9.17) is 14.2 Å². The maximum Gasteiger partial charge on any atom is 0.319 e. The molecule has 1 aliphatic rings. The van der Waals surface area contributed by atoms with E-state index in [0.29, 0.717) is 11.3 Å². The number of nitrogens with zero attached hydrogens (tertiary/aromatic N) is 4. The summed E-state index contributed by atoms with van der Waals surface area (Å²) in [5, 5.41) is 19.2. The van der Waals surface area contributed by atoms with Gasteiger partial charge >= 0.3 is 6.01 Å². The molecule has 4 atom stereocenters. The third-order valence-corrected chi connectivity index (χ3v) is 4.15. The highest BCUT2D eigenvalue weighted by molar-refractivity contribution is 5.63. The Morgan fingerprint density at radius 1 is 1.36 bits per heavy atom. The van der Waals surface area contributed by atoms with E-state index in [0.717, 1.165) is 0 Å². The first-order valence-corrected chi connectivity index (χ1v) is 7.54. The van der Waals surface area contributed by atoms with E-state index in [-0.39, 0.29) is 11.9 Å². The zero-order chi connectivity index (χ0) is 18.2. The lowest BCUT2D eigenvalue weighted by atomic mass is 9.99. The van der Waals surface area contributed by atoms with Gasteiger partial charge in [0.15, 0.2) is 11.9 Å². The van der Waals surface area contributed by atoms with Crippen LogP contribution in [-0.4, -0.2) is 68.4 Å². The monoisotopic (exact) mass is 354 g/mol. The van der Waals surface area contributed by atoms with Crippen LogP contribution >= 0.6 is 0 Å². The Morgan fingerprint density at radius 2 is 2.12 bits per heavy atom. The molecule has 9 nitrogen and oxygen atoms in total. The Hall–Kier alpha value is -2.30. The minimum Gasteiger partial charge on any atom is -0.480 e. The van der Waals surface area contributed by atoms with E-state index in [1.807, 2.05) is 0 Å². The summed E-state index contributed by atoms with van der Waals surface area (Å²) >= 11 is 0. The summed E-state index contributed by atoms with van der Waals surface area (Å²) in [5.74, 6) is 0.251. The Labute approximate surface area is 143 Å². The van der Waals surface area contributed by atoms with E-state index < -0.39 is 30.7 Å². The van der Waals surface area contributed by atoms with E-state index in [1.165, 1.54) is 44.4 Å². The Balaban J connectivity index is 1.93. The molecule has 1 saturated heterocycles. The van der Waals surface area contributed by atoms with Gasteiger partial charge in [-0.2, -0.15) is 4.98 Å². The van der Waals surface area contributed by atoms with Crippen LogP contribution in [0.3, 0.4) is 0 Å². The van der Waals surface area contributed by atoms with Gasteiger partial charge in [-0.15, -0.1) is 0 Å². The van der Waals surface area contributed by atoms with E-state index in [2.05, 4.69) is 15.0 Å². The van der Waals surface area contributed by atoms with Gasteiger partial charge < -0.3 is 29.0 Å². The summed E-state index contributed by atoms with van der Waals surface area (Å²) in [5.41, 5.74) is -1.17. The molecule has 0 spiro atoms. The molecule has 136 valence electrons. The molecule has 0 saturated carbocycles. The molecule has 1 fully saturated rings. The number of ether oxygens (including phenoxy) is 3. The van der Waals surface area contributed by atoms with Crippen LogP contribution in [0.5, 0.6) is 11.9 Å². The van der Waals surface area contributed by atoms with Crippen molar-refractivity contribution in [2.24, 2.45) is 0 Å².